The normalized spacial score (nSPS) is 11.8. The second-order valence-corrected chi connectivity index (χ2v) is 5.43. The Morgan fingerprint density at radius 3 is 2.70 bits per heavy atom. The summed E-state index contributed by atoms with van der Waals surface area (Å²) in [4.78, 5) is 4.49. The van der Waals surface area contributed by atoms with E-state index in [1.54, 1.807) is 0 Å². The van der Waals surface area contributed by atoms with E-state index in [1.165, 1.54) is 5.56 Å². The molecule has 0 saturated heterocycles. The number of aromatic nitrogens is 2. The summed E-state index contributed by atoms with van der Waals surface area (Å²) < 4.78 is 2.02. The van der Waals surface area contributed by atoms with E-state index in [0.717, 1.165) is 11.4 Å². The standard InChI is InChI=1S/C19H18N4/c1-23-11-10-21-19(23)18(17-8-3-2-4-9-17)22-14-16-7-5-6-15(12-16)13-20/h2-12,18,22H,14H2,1H3/t18-/m0/s1. The van der Waals surface area contributed by atoms with E-state index in [1.807, 2.05) is 66.5 Å². The van der Waals surface area contributed by atoms with Gasteiger partial charge in [-0.25, -0.2) is 4.98 Å². The zero-order chi connectivity index (χ0) is 16.1. The first-order valence-electron chi connectivity index (χ1n) is 7.52. The zero-order valence-electron chi connectivity index (χ0n) is 13.0. The van der Waals surface area contributed by atoms with Gasteiger partial charge in [-0.3, -0.25) is 5.32 Å². The molecule has 23 heavy (non-hydrogen) atoms. The number of benzene rings is 2. The van der Waals surface area contributed by atoms with Crippen LogP contribution in [-0.2, 0) is 13.6 Å². The topological polar surface area (TPSA) is 53.6 Å². The number of hydrogen-bond donors (Lipinski definition) is 1. The monoisotopic (exact) mass is 302 g/mol. The first kappa shape index (κ1) is 15.0. The van der Waals surface area contributed by atoms with Crippen LogP contribution in [0.3, 0.4) is 0 Å². The number of nitrogens with zero attached hydrogens (tertiary/aromatic N) is 3. The lowest BCUT2D eigenvalue weighted by atomic mass is 10.1. The van der Waals surface area contributed by atoms with Crippen LogP contribution in [0.25, 0.3) is 0 Å². The number of imidazole rings is 1. The molecule has 0 unspecified atom stereocenters. The van der Waals surface area contributed by atoms with E-state index in [2.05, 4.69) is 28.5 Å². The molecule has 2 aromatic carbocycles. The molecule has 0 spiro atoms. The molecule has 3 aromatic rings. The van der Waals surface area contributed by atoms with Crippen LogP contribution >= 0.6 is 0 Å². The second kappa shape index (κ2) is 6.91. The summed E-state index contributed by atoms with van der Waals surface area (Å²) in [5.41, 5.74) is 2.93. The van der Waals surface area contributed by atoms with Gasteiger partial charge in [0.05, 0.1) is 17.7 Å². The molecule has 1 heterocycles. The minimum Gasteiger partial charge on any atom is -0.336 e. The summed E-state index contributed by atoms with van der Waals surface area (Å²) >= 11 is 0. The van der Waals surface area contributed by atoms with E-state index >= 15 is 0 Å². The average Bonchev–Trinajstić information content (AvgIpc) is 3.02. The van der Waals surface area contributed by atoms with Crippen molar-refractivity contribution in [3.63, 3.8) is 0 Å². The fourth-order valence-electron chi connectivity index (χ4n) is 2.63. The lowest BCUT2D eigenvalue weighted by Gasteiger charge is -2.19. The van der Waals surface area contributed by atoms with Crippen molar-refractivity contribution < 1.29 is 0 Å². The molecule has 0 saturated carbocycles. The Labute approximate surface area is 136 Å². The van der Waals surface area contributed by atoms with Crippen molar-refractivity contribution in [2.75, 3.05) is 0 Å². The third-order valence-electron chi connectivity index (χ3n) is 3.82. The molecule has 1 aromatic heterocycles. The first-order chi connectivity index (χ1) is 11.3. The highest BCUT2D eigenvalue weighted by atomic mass is 15.1. The van der Waals surface area contributed by atoms with Gasteiger partial charge in [-0.05, 0) is 23.3 Å². The van der Waals surface area contributed by atoms with Gasteiger partial charge in [-0.2, -0.15) is 5.26 Å². The lowest BCUT2D eigenvalue weighted by Crippen LogP contribution is -2.24. The minimum absolute atomic E-state index is 0.00180. The van der Waals surface area contributed by atoms with Gasteiger partial charge in [-0.1, -0.05) is 42.5 Å². The third-order valence-corrected chi connectivity index (χ3v) is 3.82. The highest BCUT2D eigenvalue weighted by molar-refractivity contribution is 5.33. The Kier molecular flexibility index (Phi) is 4.51. The van der Waals surface area contributed by atoms with E-state index in [9.17, 15) is 0 Å². The average molecular weight is 302 g/mol. The van der Waals surface area contributed by atoms with Crippen LogP contribution in [0.2, 0.25) is 0 Å². The number of rotatable bonds is 5. The quantitative estimate of drug-likeness (QED) is 0.787. The van der Waals surface area contributed by atoms with E-state index < -0.39 is 0 Å². The molecule has 0 bridgehead atoms. The Hall–Kier alpha value is -2.90. The van der Waals surface area contributed by atoms with Crippen LogP contribution in [0.15, 0.2) is 67.0 Å². The Balaban J connectivity index is 1.85. The van der Waals surface area contributed by atoms with Crippen molar-refractivity contribution in [2.24, 2.45) is 7.05 Å². The molecule has 1 N–H and O–H groups in total. The summed E-state index contributed by atoms with van der Waals surface area (Å²) in [5.74, 6) is 0.965. The molecule has 114 valence electrons. The predicted octanol–water partition coefficient (Wildman–Crippen LogP) is 3.17. The highest BCUT2D eigenvalue weighted by Gasteiger charge is 2.17. The van der Waals surface area contributed by atoms with Gasteiger partial charge in [0.15, 0.2) is 0 Å². The number of nitrogens with one attached hydrogen (secondary N) is 1. The van der Waals surface area contributed by atoms with Crippen LogP contribution < -0.4 is 5.32 Å². The summed E-state index contributed by atoms with van der Waals surface area (Å²) in [5, 5.41) is 12.6. The predicted molar refractivity (Wildman–Crippen MR) is 89.5 cm³/mol. The molecular formula is C19H18N4. The largest absolute Gasteiger partial charge is 0.336 e. The minimum atomic E-state index is 0.00180. The van der Waals surface area contributed by atoms with Gasteiger partial charge >= 0.3 is 0 Å². The molecule has 0 aliphatic heterocycles. The van der Waals surface area contributed by atoms with Crippen molar-refractivity contribution >= 4 is 0 Å². The maximum atomic E-state index is 9.02. The van der Waals surface area contributed by atoms with Crippen LogP contribution in [-0.4, -0.2) is 9.55 Å². The molecule has 0 aliphatic rings. The molecule has 0 fully saturated rings. The van der Waals surface area contributed by atoms with Crippen molar-refractivity contribution in [3.05, 3.63) is 89.5 Å². The maximum absolute atomic E-state index is 9.02. The third kappa shape index (κ3) is 3.47. The molecule has 0 aliphatic carbocycles. The molecule has 1 atom stereocenters. The highest BCUT2D eigenvalue weighted by Crippen LogP contribution is 2.20. The van der Waals surface area contributed by atoms with Gasteiger partial charge in [0.2, 0.25) is 0 Å². The van der Waals surface area contributed by atoms with Gasteiger partial charge in [-0.15, -0.1) is 0 Å². The van der Waals surface area contributed by atoms with Crippen LogP contribution in [0.4, 0.5) is 0 Å². The van der Waals surface area contributed by atoms with E-state index in [-0.39, 0.29) is 6.04 Å². The molecule has 4 heteroatoms. The van der Waals surface area contributed by atoms with Crippen LogP contribution in [0.1, 0.15) is 28.6 Å². The molecular weight excluding hydrogens is 284 g/mol. The number of hydrogen-bond acceptors (Lipinski definition) is 3. The van der Waals surface area contributed by atoms with Gasteiger partial charge < -0.3 is 4.57 Å². The van der Waals surface area contributed by atoms with E-state index in [4.69, 9.17) is 5.26 Å². The van der Waals surface area contributed by atoms with Crippen molar-refractivity contribution in [1.29, 1.82) is 5.26 Å². The van der Waals surface area contributed by atoms with Crippen molar-refractivity contribution in [1.82, 2.24) is 14.9 Å². The Morgan fingerprint density at radius 1 is 1.17 bits per heavy atom. The molecule has 3 rings (SSSR count). The van der Waals surface area contributed by atoms with Crippen LogP contribution in [0.5, 0.6) is 0 Å². The van der Waals surface area contributed by atoms with Gasteiger partial charge in [0, 0.05) is 26.0 Å². The molecule has 0 amide bonds. The fourth-order valence-corrected chi connectivity index (χ4v) is 2.63. The summed E-state index contributed by atoms with van der Waals surface area (Å²) in [6, 6.07) is 20.1. The summed E-state index contributed by atoms with van der Waals surface area (Å²) in [6.45, 7) is 0.669. The number of aryl methyl sites for hydroxylation is 1. The van der Waals surface area contributed by atoms with Crippen molar-refractivity contribution in [2.45, 2.75) is 12.6 Å². The van der Waals surface area contributed by atoms with Crippen LogP contribution in [0, 0.1) is 11.3 Å². The maximum Gasteiger partial charge on any atom is 0.130 e. The number of nitriles is 1. The lowest BCUT2D eigenvalue weighted by molar-refractivity contribution is 0.558. The molecule has 4 nitrogen and oxygen atoms in total. The van der Waals surface area contributed by atoms with Gasteiger partial charge in [0.25, 0.3) is 0 Å². The zero-order valence-corrected chi connectivity index (χ0v) is 13.0. The Bertz CT molecular complexity index is 815. The van der Waals surface area contributed by atoms with Crippen molar-refractivity contribution in [3.8, 4) is 6.07 Å². The fraction of sp³-hybridized carbons (Fsp3) is 0.158. The second-order valence-electron chi connectivity index (χ2n) is 5.43. The summed E-state index contributed by atoms with van der Waals surface area (Å²) in [7, 11) is 2.00. The SMILES string of the molecule is Cn1ccnc1[C@@H](NCc1cccc(C#N)c1)c1ccccc1. The molecule has 0 radical (unpaired) electrons. The van der Waals surface area contributed by atoms with Gasteiger partial charge in [0.1, 0.15) is 5.82 Å². The Morgan fingerprint density at radius 2 is 2.00 bits per heavy atom. The van der Waals surface area contributed by atoms with E-state index in [0.29, 0.717) is 12.1 Å². The smallest absolute Gasteiger partial charge is 0.130 e. The summed E-state index contributed by atoms with van der Waals surface area (Å²) in [6.07, 6.45) is 3.76. The first-order valence-corrected chi connectivity index (χ1v) is 7.52.